The Kier molecular flexibility index (Phi) is 5.06. The maximum absolute atomic E-state index is 13.7. The van der Waals surface area contributed by atoms with Crippen LogP contribution in [0.4, 0.5) is 4.39 Å². The quantitative estimate of drug-likeness (QED) is 0.774. The summed E-state index contributed by atoms with van der Waals surface area (Å²) in [5.74, 6) is 0.212. The van der Waals surface area contributed by atoms with Crippen LogP contribution < -0.4 is 0 Å². The molecule has 104 valence electrons. The van der Waals surface area contributed by atoms with E-state index in [1.807, 2.05) is 0 Å². The van der Waals surface area contributed by atoms with E-state index in [1.165, 1.54) is 18.2 Å². The van der Waals surface area contributed by atoms with Crippen molar-refractivity contribution in [3.05, 3.63) is 34.6 Å². The summed E-state index contributed by atoms with van der Waals surface area (Å²) in [6.07, 6.45) is 2.91. The Hall–Kier alpha value is -0.800. The van der Waals surface area contributed by atoms with Gasteiger partial charge >= 0.3 is 0 Å². The van der Waals surface area contributed by atoms with Crippen molar-refractivity contribution in [2.75, 3.05) is 19.0 Å². The lowest BCUT2D eigenvalue weighted by molar-refractivity contribution is 0.0667. The Morgan fingerprint density at radius 2 is 2.26 bits per heavy atom. The molecule has 19 heavy (non-hydrogen) atoms. The van der Waals surface area contributed by atoms with Gasteiger partial charge in [0.1, 0.15) is 5.82 Å². The maximum Gasteiger partial charge on any atom is 0.256 e. The Morgan fingerprint density at radius 3 is 3.00 bits per heavy atom. The van der Waals surface area contributed by atoms with Gasteiger partial charge in [-0.2, -0.15) is 0 Å². The van der Waals surface area contributed by atoms with Gasteiger partial charge < -0.3 is 4.90 Å². The number of alkyl halides is 1. The number of nitrogens with zero attached hydrogens (tertiary/aromatic N) is 1. The van der Waals surface area contributed by atoms with Crippen molar-refractivity contribution in [2.24, 2.45) is 5.92 Å². The summed E-state index contributed by atoms with van der Waals surface area (Å²) in [5.41, 5.74) is 0.0547. The normalized spacial score (nSPS) is 19.5. The molecule has 0 bridgehead atoms. The van der Waals surface area contributed by atoms with E-state index >= 15 is 0 Å². The molecule has 1 aliphatic heterocycles. The molecule has 1 unspecified atom stereocenters. The summed E-state index contributed by atoms with van der Waals surface area (Å²) in [7, 11) is 0. The highest BCUT2D eigenvalue weighted by Gasteiger charge is 2.25. The number of hydrogen-bond acceptors (Lipinski definition) is 1. The molecule has 0 aromatic heterocycles. The Morgan fingerprint density at radius 1 is 1.47 bits per heavy atom. The van der Waals surface area contributed by atoms with Crippen LogP contribution in [0.3, 0.4) is 0 Å². The number of likely N-dealkylation sites (tertiary alicyclic amines) is 1. The highest BCUT2D eigenvalue weighted by molar-refractivity contribution is 6.31. The molecular weight excluding hydrogens is 288 g/mol. The van der Waals surface area contributed by atoms with Crippen molar-refractivity contribution in [2.45, 2.75) is 19.3 Å². The number of rotatable bonds is 3. The van der Waals surface area contributed by atoms with Gasteiger partial charge in [0.2, 0.25) is 0 Å². The van der Waals surface area contributed by atoms with E-state index in [-0.39, 0.29) is 11.5 Å². The molecule has 1 fully saturated rings. The highest BCUT2D eigenvalue weighted by Crippen LogP contribution is 2.23. The van der Waals surface area contributed by atoms with Crippen molar-refractivity contribution in [1.82, 2.24) is 4.90 Å². The number of benzene rings is 1. The average molecular weight is 304 g/mol. The van der Waals surface area contributed by atoms with Crippen LogP contribution in [0.1, 0.15) is 29.6 Å². The molecule has 2 nitrogen and oxygen atoms in total. The molecule has 0 N–H and O–H groups in total. The molecule has 1 aliphatic rings. The van der Waals surface area contributed by atoms with Crippen LogP contribution >= 0.6 is 23.2 Å². The molecular formula is C14H16Cl2FNO. The second kappa shape index (κ2) is 6.58. The topological polar surface area (TPSA) is 20.3 Å². The minimum Gasteiger partial charge on any atom is -0.338 e. The molecule has 2 rings (SSSR count). The zero-order valence-corrected chi connectivity index (χ0v) is 12.1. The van der Waals surface area contributed by atoms with Gasteiger partial charge in [-0.05, 0) is 43.4 Å². The molecule has 0 aliphatic carbocycles. The SMILES string of the molecule is O=C(c1cc(Cl)ccc1F)N1CCCC(CCCl)C1. The summed E-state index contributed by atoms with van der Waals surface area (Å²) < 4.78 is 13.7. The average Bonchev–Trinajstić information content (AvgIpc) is 2.41. The molecule has 0 radical (unpaired) electrons. The highest BCUT2D eigenvalue weighted by atomic mass is 35.5. The van der Waals surface area contributed by atoms with Crippen molar-refractivity contribution in [3.8, 4) is 0 Å². The van der Waals surface area contributed by atoms with Gasteiger partial charge in [-0.25, -0.2) is 4.39 Å². The maximum atomic E-state index is 13.7. The standard InChI is InChI=1S/C14H16Cl2FNO/c15-6-5-10-2-1-7-18(9-10)14(19)12-8-11(16)3-4-13(12)17/h3-4,8,10H,1-2,5-7,9H2. The van der Waals surface area contributed by atoms with E-state index in [4.69, 9.17) is 23.2 Å². The Labute approximate surface area is 122 Å². The third-order valence-electron chi connectivity index (χ3n) is 3.48. The van der Waals surface area contributed by atoms with Crippen LogP contribution in [0.15, 0.2) is 18.2 Å². The summed E-state index contributed by atoms with van der Waals surface area (Å²) >= 11 is 11.6. The summed E-state index contributed by atoms with van der Waals surface area (Å²) in [6.45, 7) is 1.32. The fraction of sp³-hybridized carbons (Fsp3) is 0.500. The number of hydrogen-bond donors (Lipinski definition) is 0. The molecule has 1 aromatic carbocycles. The number of carbonyl (C=O) groups is 1. The monoisotopic (exact) mass is 303 g/mol. The van der Waals surface area contributed by atoms with E-state index in [0.29, 0.717) is 29.9 Å². The van der Waals surface area contributed by atoms with Crippen molar-refractivity contribution >= 4 is 29.1 Å². The van der Waals surface area contributed by atoms with E-state index in [9.17, 15) is 9.18 Å². The largest absolute Gasteiger partial charge is 0.338 e. The fourth-order valence-corrected chi connectivity index (χ4v) is 2.95. The lowest BCUT2D eigenvalue weighted by atomic mass is 9.95. The first-order chi connectivity index (χ1) is 9.11. The van der Waals surface area contributed by atoms with Crippen LogP contribution in [0, 0.1) is 11.7 Å². The molecule has 1 saturated heterocycles. The zero-order chi connectivity index (χ0) is 13.8. The van der Waals surface area contributed by atoms with E-state index in [0.717, 1.165) is 19.3 Å². The van der Waals surface area contributed by atoms with E-state index in [1.54, 1.807) is 4.90 Å². The van der Waals surface area contributed by atoms with E-state index < -0.39 is 5.82 Å². The van der Waals surface area contributed by atoms with Gasteiger partial charge in [0.25, 0.3) is 5.91 Å². The van der Waals surface area contributed by atoms with Gasteiger partial charge in [0, 0.05) is 24.0 Å². The first-order valence-corrected chi connectivity index (χ1v) is 7.33. The van der Waals surface area contributed by atoms with Crippen molar-refractivity contribution < 1.29 is 9.18 Å². The molecule has 0 spiro atoms. The molecule has 1 aromatic rings. The van der Waals surface area contributed by atoms with Crippen LogP contribution in [-0.4, -0.2) is 29.8 Å². The fourth-order valence-electron chi connectivity index (χ4n) is 2.47. The summed E-state index contributed by atoms with van der Waals surface area (Å²) in [5, 5.41) is 0.374. The summed E-state index contributed by atoms with van der Waals surface area (Å²) in [6, 6.07) is 4.07. The van der Waals surface area contributed by atoms with Gasteiger partial charge in [-0.1, -0.05) is 11.6 Å². The number of piperidine rings is 1. The smallest absolute Gasteiger partial charge is 0.256 e. The second-order valence-corrected chi connectivity index (χ2v) is 5.68. The molecule has 1 atom stereocenters. The number of halogens is 3. The lowest BCUT2D eigenvalue weighted by Gasteiger charge is -2.32. The van der Waals surface area contributed by atoms with Crippen LogP contribution in [0.2, 0.25) is 5.02 Å². The van der Waals surface area contributed by atoms with Crippen molar-refractivity contribution in [1.29, 1.82) is 0 Å². The van der Waals surface area contributed by atoms with Gasteiger partial charge in [-0.15, -0.1) is 11.6 Å². The molecule has 5 heteroatoms. The lowest BCUT2D eigenvalue weighted by Crippen LogP contribution is -2.40. The first kappa shape index (κ1) is 14.6. The van der Waals surface area contributed by atoms with Crippen LogP contribution in [0.25, 0.3) is 0 Å². The van der Waals surface area contributed by atoms with Crippen LogP contribution in [0.5, 0.6) is 0 Å². The minimum absolute atomic E-state index is 0.0547. The molecule has 1 heterocycles. The molecule has 1 amide bonds. The van der Waals surface area contributed by atoms with Crippen molar-refractivity contribution in [3.63, 3.8) is 0 Å². The molecule has 0 saturated carbocycles. The summed E-state index contributed by atoms with van der Waals surface area (Å²) in [4.78, 5) is 14.0. The number of amides is 1. The van der Waals surface area contributed by atoms with Gasteiger partial charge in [0.15, 0.2) is 0 Å². The predicted octanol–water partition coefficient (Wildman–Crippen LogP) is 3.96. The van der Waals surface area contributed by atoms with E-state index in [2.05, 4.69) is 0 Å². The minimum atomic E-state index is -0.520. The predicted molar refractivity (Wildman–Crippen MR) is 75.4 cm³/mol. The third-order valence-corrected chi connectivity index (χ3v) is 3.94. The second-order valence-electron chi connectivity index (χ2n) is 4.86. The first-order valence-electron chi connectivity index (χ1n) is 6.42. The van der Waals surface area contributed by atoms with Gasteiger partial charge in [0.05, 0.1) is 5.56 Å². The van der Waals surface area contributed by atoms with Crippen LogP contribution in [-0.2, 0) is 0 Å². The third kappa shape index (κ3) is 3.61. The zero-order valence-electron chi connectivity index (χ0n) is 10.5. The number of carbonyl (C=O) groups excluding carboxylic acids is 1. The Bertz CT molecular complexity index is 465. The van der Waals surface area contributed by atoms with Gasteiger partial charge in [-0.3, -0.25) is 4.79 Å². The Balaban J connectivity index is 2.12.